The number of carbonyl (C=O) groups excluding carboxylic acids is 1. The summed E-state index contributed by atoms with van der Waals surface area (Å²) in [6, 6.07) is 20.3. The summed E-state index contributed by atoms with van der Waals surface area (Å²) in [7, 11) is 1.62. The standard InChI is InChI=1S/C20H19N3O3/c1-25-18-9-5-6-15(12-18)22-19-11-10-16(13-21-19)23-20(24)14-26-17-7-3-2-4-8-17/h2-13H,14H2,1H3,(H,21,22)(H,23,24). The third kappa shape index (κ3) is 4.98. The van der Waals surface area contributed by atoms with Crippen LogP contribution in [0.4, 0.5) is 17.2 Å². The molecule has 1 heterocycles. The molecule has 132 valence electrons. The monoisotopic (exact) mass is 349 g/mol. The highest BCUT2D eigenvalue weighted by molar-refractivity contribution is 5.91. The number of aromatic nitrogens is 1. The van der Waals surface area contributed by atoms with E-state index in [1.165, 1.54) is 0 Å². The molecule has 3 aromatic rings. The van der Waals surface area contributed by atoms with Gasteiger partial charge in [-0.1, -0.05) is 24.3 Å². The van der Waals surface area contributed by atoms with Crippen LogP contribution in [0.15, 0.2) is 72.9 Å². The Kier molecular flexibility index (Phi) is 5.67. The summed E-state index contributed by atoms with van der Waals surface area (Å²) < 4.78 is 10.6. The normalized spacial score (nSPS) is 10.0. The molecule has 0 aliphatic rings. The van der Waals surface area contributed by atoms with E-state index in [9.17, 15) is 4.79 Å². The lowest BCUT2D eigenvalue weighted by Crippen LogP contribution is -2.20. The summed E-state index contributed by atoms with van der Waals surface area (Å²) in [6.07, 6.45) is 1.59. The molecular formula is C20H19N3O3. The predicted octanol–water partition coefficient (Wildman–Crippen LogP) is 3.85. The molecule has 0 aliphatic heterocycles. The number of ether oxygens (including phenoxy) is 2. The fraction of sp³-hybridized carbons (Fsp3) is 0.100. The van der Waals surface area contributed by atoms with Gasteiger partial charge in [0.15, 0.2) is 6.61 Å². The zero-order valence-electron chi connectivity index (χ0n) is 14.3. The van der Waals surface area contributed by atoms with E-state index in [1.54, 1.807) is 37.6 Å². The fourth-order valence-electron chi connectivity index (χ4n) is 2.25. The minimum Gasteiger partial charge on any atom is -0.497 e. The van der Waals surface area contributed by atoms with Crippen LogP contribution in [0.5, 0.6) is 11.5 Å². The lowest BCUT2D eigenvalue weighted by molar-refractivity contribution is -0.118. The van der Waals surface area contributed by atoms with Crippen LogP contribution in [0.3, 0.4) is 0 Å². The van der Waals surface area contributed by atoms with Gasteiger partial charge in [0.05, 0.1) is 19.0 Å². The van der Waals surface area contributed by atoms with Gasteiger partial charge in [-0.15, -0.1) is 0 Å². The fourth-order valence-corrected chi connectivity index (χ4v) is 2.25. The number of amides is 1. The van der Waals surface area contributed by atoms with Crippen molar-refractivity contribution in [1.82, 2.24) is 4.98 Å². The topological polar surface area (TPSA) is 72.5 Å². The van der Waals surface area contributed by atoms with Crippen molar-refractivity contribution in [2.45, 2.75) is 0 Å². The molecule has 6 heteroatoms. The Morgan fingerprint density at radius 1 is 0.962 bits per heavy atom. The molecule has 0 unspecified atom stereocenters. The summed E-state index contributed by atoms with van der Waals surface area (Å²) >= 11 is 0. The molecule has 0 spiro atoms. The Morgan fingerprint density at radius 3 is 2.50 bits per heavy atom. The van der Waals surface area contributed by atoms with Crippen LogP contribution in [0.1, 0.15) is 0 Å². The molecule has 3 rings (SSSR count). The number of hydrogen-bond donors (Lipinski definition) is 2. The highest BCUT2D eigenvalue weighted by atomic mass is 16.5. The van der Waals surface area contributed by atoms with Crippen LogP contribution in [-0.2, 0) is 4.79 Å². The second-order valence-corrected chi connectivity index (χ2v) is 5.44. The summed E-state index contributed by atoms with van der Waals surface area (Å²) in [4.78, 5) is 16.2. The van der Waals surface area contributed by atoms with E-state index in [2.05, 4.69) is 15.6 Å². The summed E-state index contributed by atoms with van der Waals surface area (Å²) in [5.41, 5.74) is 1.47. The van der Waals surface area contributed by atoms with E-state index in [4.69, 9.17) is 9.47 Å². The summed E-state index contributed by atoms with van der Waals surface area (Å²) in [5.74, 6) is 1.83. The molecule has 0 bridgehead atoms. The number of para-hydroxylation sites is 1. The van der Waals surface area contributed by atoms with Gasteiger partial charge in [0.25, 0.3) is 5.91 Å². The van der Waals surface area contributed by atoms with Crippen LogP contribution < -0.4 is 20.1 Å². The van der Waals surface area contributed by atoms with Gasteiger partial charge in [-0.3, -0.25) is 4.79 Å². The number of benzene rings is 2. The second kappa shape index (κ2) is 8.53. The molecule has 2 N–H and O–H groups in total. The first-order valence-corrected chi connectivity index (χ1v) is 8.08. The van der Waals surface area contributed by atoms with Crippen molar-refractivity contribution in [3.8, 4) is 11.5 Å². The zero-order valence-corrected chi connectivity index (χ0v) is 14.3. The maximum absolute atomic E-state index is 11.9. The maximum Gasteiger partial charge on any atom is 0.262 e. The number of pyridine rings is 1. The average Bonchev–Trinajstić information content (AvgIpc) is 2.69. The molecule has 0 saturated heterocycles. The molecule has 1 amide bonds. The Hall–Kier alpha value is -3.54. The molecule has 0 atom stereocenters. The van der Waals surface area contributed by atoms with Gasteiger partial charge in [-0.2, -0.15) is 0 Å². The lowest BCUT2D eigenvalue weighted by atomic mass is 10.3. The first-order valence-electron chi connectivity index (χ1n) is 8.08. The number of methoxy groups -OCH3 is 1. The molecule has 6 nitrogen and oxygen atoms in total. The van der Waals surface area contributed by atoms with Gasteiger partial charge in [-0.25, -0.2) is 4.98 Å². The van der Waals surface area contributed by atoms with Gasteiger partial charge >= 0.3 is 0 Å². The van der Waals surface area contributed by atoms with Crippen molar-refractivity contribution in [3.63, 3.8) is 0 Å². The molecule has 26 heavy (non-hydrogen) atoms. The van der Waals surface area contributed by atoms with Crippen molar-refractivity contribution >= 4 is 23.1 Å². The van der Waals surface area contributed by atoms with E-state index in [-0.39, 0.29) is 12.5 Å². The van der Waals surface area contributed by atoms with E-state index < -0.39 is 0 Å². The quantitative estimate of drug-likeness (QED) is 0.678. The molecule has 0 fully saturated rings. The first-order chi connectivity index (χ1) is 12.7. The Bertz CT molecular complexity index is 852. The van der Waals surface area contributed by atoms with Crippen molar-refractivity contribution in [1.29, 1.82) is 0 Å². The first kappa shape index (κ1) is 17.3. The van der Waals surface area contributed by atoms with Gasteiger partial charge in [0, 0.05) is 11.8 Å². The molecule has 2 aromatic carbocycles. The van der Waals surface area contributed by atoms with Crippen molar-refractivity contribution in [3.05, 3.63) is 72.9 Å². The number of nitrogens with one attached hydrogen (secondary N) is 2. The van der Waals surface area contributed by atoms with E-state index in [0.717, 1.165) is 11.4 Å². The number of hydrogen-bond acceptors (Lipinski definition) is 5. The average molecular weight is 349 g/mol. The molecule has 0 aliphatic carbocycles. The van der Waals surface area contributed by atoms with Crippen LogP contribution in [0.25, 0.3) is 0 Å². The minimum atomic E-state index is -0.246. The Morgan fingerprint density at radius 2 is 1.77 bits per heavy atom. The van der Waals surface area contributed by atoms with E-state index in [0.29, 0.717) is 17.3 Å². The lowest BCUT2D eigenvalue weighted by Gasteiger charge is -2.09. The van der Waals surface area contributed by atoms with Gasteiger partial charge in [0.2, 0.25) is 0 Å². The molecule has 0 radical (unpaired) electrons. The SMILES string of the molecule is COc1cccc(Nc2ccc(NC(=O)COc3ccccc3)cn2)c1. The van der Waals surface area contributed by atoms with E-state index >= 15 is 0 Å². The number of nitrogens with zero attached hydrogens (tertiary/aromatic N) is 1. The van der Waals surface area contributed by atoms with Crippen LogP contribution in [-0.4, -0.2) is 24.6 Å². The predicted molar refractivity (Wildman–Crippen MR) is 101 cm³/mol. The third-order valence-corrected chi connectivity index (χ3v) is 3.50. The molecule has 0 saturated carbocycles. The van der Waals surface area contributed by atoms with Crippen molar-refractivity contribution in [2.24, 2.45) is 0 Å². The van der Waals surface area contributed by atoms with Crippen molar-refractivity contribution < 1.29 is 14.3 Å². The molecule has 1 aromatic heterocycles. The number of carbonyl (C=O) groups is 1. The smallest absolute Gasteiger partial charge is 0.262 e. The number of rotatable bonds is 7. The third-order valence-electron chi connectivity index (χ3n) is 3.50. The van der Waals surface area contributed by atoms with Crippen LogP contribution >= 0.6 is 0 Å². The van der Waals surface area contributed by atoms with Gasteiger partial charge in [-0.05, 0) is 36.4 Å². The molecular weight excluding hydrogens is 330 g/mol. The zero-order chi connectivity index (χ0) is 18.2. The van der Waals surface area contributed by atoms with Crippen LogP contribution in [0.2, 0.25) is 0 Å². The largest absolute Gasteiger partial charge is 0.497 e. The second-order valence-electron chi connectivity index (χ2n) is 5.44. The van der Waals surface area contributed by atoms with E-state index in [1.807, 2.05) is 42.5 Å². The Labute approximate surface area is 151 Å². The Balaban J connectivity index is 1.53. The number of anilines is 3. The minimum absolute atomic E-state index is 0.0617. The van der Waals surface area contributed by atoms with Crippen molar-refractivity contribution in [2.75, 3.05) is 24.4 Å². The summed E-state index contributed by atoms with van der Waals surface area (Å²) in [5, 5.41) is 5.92. The highest BCUT2D eigenvalue weighted by Gasteiger charge is 2.05. The maximum atomic E-state index is 11.9. The summed E-state index contributed by atoms with van der Waals surface area (Å²) in [6.45, 7) is -0.0617. The van der Waals surface area contributed by atoms with Crippen LogP contribution in [0, 0.1) is 0 Å². The van der Waals surface area contributed by atoms with Gasteiger partial charge in [0.1, 0.15) is 17.3 Å². The highest BCUT2D eigenvalue weighted by Crippen LogP contribution is 2.20. The van der Waals surface area contributed by atoms with Gasteiger partial charge < -0.3 is 20.1 Å².